The van der Waals surface area contributed by atoms with Crippen LogP contribution >= 0.6 is 0 Å². The van der Waals surface area contributed by atoms with E-state index in [0.717, 1.165) is 25.5 Å². The van der Waals surface area contributed by atoms with Gasteiger partial charge in [0.25, 0.3) is 0 Å². The van der Waals surface area contributed by atoms with Gasteiger partial charge in [0.2, 0.25) is 0 Å². The van der Waals surface area contributed by atoms with Gasteiger partial charge in [-0.1, -0.05) is 6.07 Å². The molecule has 0 saturated heterocycles. The lowest BCUT2D eigenvalue weighted by Gasteiger charge is -2.29. The summed E-state index contributed by atoms with van der Waals surface area (Å²) in [5, 5.41) is 8.09. The summed E-state index contributed by atoms with van der Waals surface area (Å²) in [5.74, 6) is 1.03. The van der Waals surface area contributed by atoms with Crippen molar-refractivity contribution in [3.05, 3.63) is 41.5 Å². The van der Waals surface area contributed by atoms with E-state index in [1.165, 1.54) is 16.8 Å². The van der Waals surface area contributed by atoms with Crippen molar-refractivity contribution in [3.63, 3.8) is 0 Å². The largest absolute Gasteiger partial charge is 0.362 e. The average Bonchev–Trinajstić information content (AvgIpc) is 2.85. The molecule has 1 aliphatic rings. The highest BCUT2D eigenvalue weighted by Gasteiger charge is 2.17. The molecule has 94 valence electrons. The van der Waals surface area contributed by atoms with E-state index < -0.39 is 0 Å². The van der Waals surface area contributed by atoms with E-state index in [2.05, 4.69) is 44.8 Å². The zero-order valence-electron chi connectivity index (χ0n) is 10.5. The predicted molar refractivity (Wildman–Crippen MR) is 70.1 cm³/mol. The molecule has 3 rings (SSSR count). The van der Waals surface area contributed by atoms with E-state index in [9.17, 15) is 0 Å². The van der Waals surface area contributed by atoms with Gasteiger partial charge in [0.05, 0.1) is 6.54 Å². The predicted octanol–water partition coefficient (Wildman–Crippen LogP) is 1.07. The van der Waals surface area contributed by atoms with Crippen LogP contribution in [0.4, 0.5) is 5.69 Å². The minimum absolute atomic E-state index is 0.598. The van der Waals surface area contributed by atoms with Crippen LogP contribution in [0.5, 0.6) is 0 Å². The first-order valence-corrected chi connectivity index (χ1v) is 6.19. The molecular formula is C13H17N5. The smallest absolute Gasteiger partial charge is 0.152 e. The number of benzene rings is 1. The molecule has 2 N–H and O–H groups in total. The van der Waals surface area contributed by atoms with Crippen LogP contribution in [-0.4, -0.2) is 21.3 Å². The van der Waals surface area contributed by atoms with Crippen LogP contribution in [0.25, 0.3) is 0 Å². The third kappa shape index (κ3) is 1.86. The monoisotopic (exact) mass is 243 g/mol. The number of fused-ring (bicyclic) bond motifs is 1. The van der Waals surface area contributed by atoms with Crippen LogP contribution < -0.4 is 10.6 Å². The maximum absolute atomic E-state index is 5.69. The van der Waals surface area contributed by atoms with E-state index >= 15 is 0 Å². The quantitative estimate of drug-likeness (QED) is 0.857. The highest BCUT2D eigenvalue weighted by Crippen LogP contribution is 2.22. The number of aromatic nitrogens is 3. The lowest BCUT2D eigenvalue weighted by Crippen LogP contribution is -2.33. The first-order valence-electron chi connectivity index (χ1n) is 6.19. The second-order valence-electron chi connectivity index (χ2n) is 4.68. The molecule has 5 heteroatoms. The molecule has 0 saturated carbocycles. The van der Waals surface area contributed by atoms with E-state index in [0.29, 0.717) is 6.54 Å². The average molecular weight is 243 g/mol. The van der Waals surface area contributed by atoms with Crippen molar-refractivity contribution in [1.29, 1.82) is 0 Å². The number of hydrogen-bond acceptors (Lipinski definition) is 4. The number of anilines is 1. The van der Waals surface area contributed by atoms with Crippen LogP contribution in [0.2, 0.25) is 0 Å². The molecule has 0 radical (unpaired) electrons. The Labute approximate surface area is 106 Å². The molecule has 0 unspecified atom stereocenters. The van der Waals surface area contributed by atoms with Crippen molar-refractivity contribution in [2.75, 3.05) is 11.4 Å². The minimum Gasteiger partial charge on any atom is -0.362 e. The Morgan fingerprint density at radius 1 is 1.33 bits per heavy atom. The van der Waals surface area contributed by atoms with Gasteiger partial charge >= 0.3 is 0 Å². The fourth-order valence-corrected chi connectivity index (χ4v) is 2.39. The summed E-state index contributed by atoms with van der Waals surface area (Å²) in [4.78, 5) is 2.33. The molecule has 0 spiro atoms. The Bertz CT molecular complexity index is 560. The van der Waals surface area contributed by atoms with Crippen LogP contribution in [0.15, 0.2) is 24.5 Å². The van der Waals surface area contributed by atoms with Gasteiger partial charge in [0, 0.05) is 25.3 Å². The summed E-state index contributed by atoms with van der Waals surface area (Å²) < 4.78 is 2.11. The standard InChI is InChI=1S/C13H17N5/c1-10-6-12(3-2-11(10)7-14)17-4-5-18-9-15-16-13(18)8-17/h2-3,6,9H,4-5,7-8,14H2,1H3. The topological polar surface area (TPSA) is 60.0 Å². The zero-order chi connectivity index (χ0) is 12.5. The molecule has 0 atom stereocenters. The van der Waals surface area contributed by atoms with Gasteiger partial charge in [0.1, 0.15) is 6.33 Å². The van der Waals surface area contributed by atoms with Gasteiger partial charge in [-0.15, -0.1) is 10.2 Å². The molecule has 1 aromatic carbocycles. The third-order valence-electron chi connectivity index (χ3n) is 3.55. The lowest BCUT2D eigenvalue weighted by atomic mass is 10.1. The Hall–Kier alpha value is -1.88. The summed E-state index contributed by atoms with van der Waals surface area (Å²) in [5.41, 5.74) is 9.39. The normalized spacial score (nSPS) is 14.7. The zero-order valence-corrected chi connectivity index (χ0v) is 10.5. The fourth-order valence-electron chi connectivity index (χ4n) is 2.39. The molecule has 0 fully saturated rings. The summed E-state index contributed by atoms with van der Waals surface area (Å²) in [7, 11) is 0. The number of nitrogens with zero attached hydrogens (tertiary/aromatic N) is 4. The van der Waals surface area contributed by atoms with Crippen LogP contribution in [0.3, 0.4) is 0 Å². The van der Waals surface area contributed by atoms with Gasteiger partial charge in [-0.25, -0.2) is 0 Å². The first-order chi connectivity index (χ1) is 8.78. The summed E-state index contributed by atoms with van der Waals surface area (Å²) >= 11 is 0. The molecule has 0 bridgehead atoms. The number of rotatable bonds is 2. The van der Waals surface area contributed by atoms with Gasteiger partial charge < -0.3 is 15.2 Å². The Balaban J connectivity index is 1.86. The van der Waals surface area contributed by atoms with Gasteiger partial charge in [-0.05, 0) is 30.2 Å². The second kappa shape index (κ2) is 4.42. The highest BCUT2D eigenvalue weighted by atomic mass is 15.3. The maximum Gasteiger partial charge on any atom is 0.152 e. The minimum atomic E-state index is 0.598. The Morgan fingerprint density at radius 2 is 2.22 bits per heavy atom. The molecule has 18 heavy (non-hydrogen) atoms. The molecular weight excluding hydrogens is 226 g/mol. The molecule has 0 amide bonds. The Morgan fingerprint density at radius 3 is 3.00 bits per heavy atom. The molecule has 5 nitrogen and oxygen atoms in total. The lowest BCUT2D eigenvalue weighted by molar-refractivity contribution is 0.560. The molecule has 1 aliphatic heterocycles. The second-order valence-corrected chi connectivity index (χ2v) is 4.68. The summed E-state index contributed by atoms with van der Waals surface area (Å²) in [6.07, 6.45) is 1.80. The third-order valence-corrected chi connectivity index (χ3v) is 3.55. The fraction of sp³-hybridized carbons (Fsp3) is 0.385. The number of nitrogens with two attached hydrogens (primary N) is 1. The van der Waals surface area contributed by atoms with Crippen molar-refractivity contribution in [2.24, 2.45) is 5.73 Å². The summed E-state index contributed by atoms with van der Waals surface area (Å²) in [6, 6.07) is 6.46. The highest BCUT2D eigenvalue weighted by molar-refractivity contribution is 5.51. The first kappa shape index (κ1) is 11.2. The molecule has 2 heterocycles. The van der Waals surface area contributed by atoms with E-state index in [1.54, 1.807) is 6.33 Å². The van der Waals surface area contributed by atoms with Crippen molar-refractivity contribution in [1.82, 2.24) is 14.8 Å². The molecule has 2 aromatic rings. The maximum atomic E-state index is 5.69. The summed E-state index contributed by atoms with van der Waals surface area (Å²) in [6.45, 7) is 5.46. The van der Waals surface area contributed by atoms with Crippen LogP contribution in [-0.2, 0) is 19.6 Å². The van der Waals surface area contributed by atoms with Crippen molar-refractivity contribution in [3.8, 4) is 0 Å². The van der Waals surface area contributed by atoms with Gasteiger partial charge in [0.15, 0.2) is 5.82 Å². The molecule has 0 aliphatic carbocycles. The van der Waals surface area contributed by atoms with E-state index in [-0.39, 0.29) is 0 Å². The van der Waals surface area contributed by atoms with E-state index in [1.807, 2.05) is 0 Å². The van der Waals surface area contributed by atoms with Crippen molar-refractivity contribution < 1.29 is 0 Å². The molecule has 1 aromatic heterocycles. The van der Waals surface area contributed by atoms with E-state index in [4.69, 9.17) is 5.73 Å². The Kier molecular flexibility index (Phi) is 2.76. The van der Waals surface area contributed by atoms with Crippen molar-refractivity contribution >= 4 is 5.69 Å². The van der Waals surface area contributed by atoms with Crippen molar-refractivity contribution in [2.45, 2.75) is 26.6 Å². The van der Waals surface area contributed by atoms with Crippen LogP contribution in [0, 0.1) is 6.92 Å². The number of hydrogen-bond donors (Lipinski definition) is 1. The van der Waals surface area contributed by atoms with Crippen LogP contribution in [0.1, 0.15) is 17.0 Å². The SMILES string of the molecule is Cc1cc(N2CCn3cnnc3C2)ccc1CN. The number of aryl methyl sites for hydroxylation is 1. The van der Waals surface area contributed by atoms with Gasteiger partial charge in [-0.3, -0.25) is 0 Å². The van der Waals surface area contributed by atoms with Gasteiger partial charge in [-0.2, -0.15) is 0 Å².